The first kappa shape index (κ1) is 19.2. The van der Waals surface area contributed by atoms with Gasteiger partial charge in [-0.3, -0.25) is 4.79 Å². The number of carbonyl (C=O) groups is 1. The molecule has 0 saturated heterocycles. The lowest BCUT2D eigenvalue weighted by molar-refractivity contribution is 0.0950. The average Bonchev–Trinajstić information content (AvgIpc) is 2.72. The van der Waals surface area contributed by atoms with E-state index in [1.807, 2.05) is 66.7 Å². The first-order valence-electron chi connectivity index (χ1n) is 8.54. The third kappa shape index (κ3) is 5.23. The van der Waals surface area contributed by atoms with E-state index in [1.165, 1.54) is 0 Å². The van der Waals surface area contributed by atoms with Crippen LogP contribution in [0.3, 0.4) is 0 Å². The number of amides is 1. The van der Waals surface area contributed by atoms with Crippen LogP contribution in [-0.4, -0.2) is 13.0 Å². The van der Waals surface area contributed by atoms with Crippen LogP contribution in [0.2, 0.25) is 0 Å². The molecule has 0 aliphatic carbocycles. The van der Waals surface area contributed by atoms with Gasteiger partial charge in [0.25, 0.3) is 5.91 Å². The van der Waals surface area contributed by atoms with Crippen molar-refractivity contribution in [3.05, 3.63) is 93.1 Å². The van der Waals surface area contributed by atoms with Crippen molar-refractivity contribution < 1.29 is 14.3 Å². The third-order valence-electron chi connectivity index (χ3n) is 4.01. The Balaban J connectivity index is 1.71. The van der Waals surface area contributed by atoms with Crippen LogP contribution >= 0.6 is 22.6 Å². The number of benzene rings is 3. The molecule has 0 aliphatic heterocycles. The largest absolute Gasteiger partial charge is 0.493 e. The predicted octanol–water partition coefficient (Wildman–Crippen LogP) is 4.81. The summed E-state index contributed by atoms with van der Waals surface area (Å²) in [5.41, 5.74) is 2.66. The molecule has 3 aromatic rings. The molecule has 3 aromatic carbocycles. The lowest BCUT2D eigenvalue weighted by Crippen LogP contribution is -2.23. The molecule has 0 atom stereocenters. The minimum Gasteiger partial charge on any atom is -0.493 e. The van der Waals surface area contributed by atoms with Crippen molar-refractivity contribution in [1.82, 2.24) is 5.32 Å². The molecular formula is C22H20INO3. The van der Waals surface area contributed by atoms with E-state index in [0.29, 0.717) is 30.2 Å². The Bertz CT molecular complexity index is 898. The van der Waals surface area contributed by atoms with Crippen molar-refractivity contribution in [3.63, 3.8) is 0 Å². The van der Waals surface area contributed by atoms with Crippen LogP contribution in [0.25, 0.3) is 0 Å². The summed E-state index contributed by atoms with van der Waals surface area (Å²) in [6, 6.07) is 23.3. The zero-order valence-electron chi connectivity index (χ0n) is 14.9. The summed E-state index contributed by atoms with van der Waals surface area (Å²) in [7, 11) is 1.58. The van der Waals surface area contributed by atoms with Crippen LogP contribution in [0.1, 0.15) is 21.5 Å². The first-order chi connectivity index (χ1) is 13.2. The second kappa shape index (κ2) is 9.41. The highest BCUT2D eigenvalue weighted by Gasteiger charge is 2.15. The van der Waals surface area contributed by atoms with E-state index in [1.54, 1.807) is 13.2 Å². The smallest absolute Gasteiger partial charge is 0.251 e. The first-order valence-corrected chi connectivity index (χ1v) is 9.61. The number of methoxy groups -OCH3 is 1. The lowest BCUT2D eigenvalue weighted by Gasteiger charge is -2.14. The predicted molar refractivity (Wildman–Crippen MR) is 114 cm³/mol. The van der Waals surface area contributed by atoms with Gasteiger partial charge in [0.1, 0.15) is 6.61 Å². The van der Waals surface area contributed by atoms with Gasteiger partial charge in [0.2, 0.25) is 0 Å². The molecule has 0 aliphatic rings. The normalized spacial score (nSPS) is 10.3. The van der Waals surface area contributed by atoms with Gasteiger partial charge in [0, 0.05) is 12.1 Å². The topological polar surface area (TPSA) is 47.6 Å². The fraction of sp³-hybridized carbons (Fsp3) is 0.136. The average molecular weight is 473 g/mol. The molecule has 1 N–H and O–H groups in total. The molecule has 0 aromatic heterocycles. The zero-order chi connectivity index (χ0) is 19.1. The number of hydrogen-bond acceptors (Lipinski definition) is 3. The van der Waals surface area contributed by atoms with E-state index in [0.717, 1.165) is 14.7 Å². The van der Waals surface area contributed by atoms with Gasteiger partial charge in [0.15, 0.2) is 11.5 Å². The monoisotopic (exact) mass is 473 g/mol. The molecule has 0 saturated carbocycles. The van der Waals surface area contributed by atoms with Crippen molar-refractivity contribution in [2.75, 3.05) is 7.11 Å². The van der Waals surface area contributed by atoms with Crippen LogP contribution in [0.5, 0.6) is 11.5 Å². The SMILES string of the molecule is COc1cc(C(=O)NCc2ccccc2)cc(I)c1OCc1ccccc1. The van der Waals surface area contributed by atoms with Crippen molar-refractivity contribution >= 4 is 28.5 Å². The Hall–Kier alpha value is -2.54. The number of hydrogen-bond donors (Lipinski definition) is 1. The Morgan fingerprint density at radius 1 is 0.963 bits per heavy atom. The number of rotatable bonds is 7. The number of ether oxygens (including phenoxy) is 2. The highest BCUT2D eigenvalue weighted by molar-refractivity contribution is 14.1. The highest BCUT2D eigenvalue weighted by Crippen LogP contribution is 2.34. The standard InChI is InChI=1S/C22H20INO3/c1-26-20-13-18(22(25)24-14-16-8-4-2-5-9-16)12-19(23)21(20)27-15-17-10-6-3-7-11-17/h2-13H,14-15H2,1H3,(H,24,25). The molecule has 1 amide bonds. The van der Waals surface area contributed by atoms with E-state index in [2.05, 4.69) is 27.9 Å². The summed E-state index contributed by atoms with van der Waals surface area (Å²) in [6.45, 7) is 0.914. The van der Waals surface area contributed by atoms with Crippen LogP contribution in [-0.2, 0) is 13.2 Å². The Labute approximate surface area is 172 Å². The van der Waals surface area contributed by atoms with Crippen LogP contribution < -0.4 is 14.8 Å². The van der Waals surface area contributed by atoms with Crippen molar-refractivity contribution in [1.29, 1.82) is 0 Å². The second-order valence-electron chi connectivity index (χ2n) is 5.93. The molecule has 0 heterocycles. The van der Waals surface area contributed by atoms with E-state index < -0.39 is 0 Å². The third-order valence-corrected chi connectivity index (χ3v) is 4.81. The minimum atomic E-state index is -0.148. The Morgan fingerprint density at radius 3 is 2.22 bits per heavy atom. The van der Waals surface area contributed by atoms with Crippen LogP contribution in [0.15, 0.2) is 72.8 Å². The molecule has 0 fully saturated rings. The summed E-state index contributed by atoms with van der Waals surface area (Å²) in [5.74, 6) is 1.04. The maximum absolute atomic E-state index is 12.5. The van der Waals surface area contributed by atoms with Gasteiger partial charge in [-0.15, -0.1) is 0 Å². The molecule has 0 radical (unpaired) electrons. The zero-order valence-corrected chi connectivity index (χ0v) is 17.1. The molecule has 138 valence electrons. The van der Waals surface area contributed by atoms with Crippen molar-refractivity contribution in [2.24, 2.45) is 0 Å². The lowest BCUT2D eigenvalue weighted by atomic mass is 10.1. The van der Waals surface area contributed by atoms with Crippen molar-refractivity contribution in [2.45, 2.75) is 13.2 Å². The van der Waals surface area contributed by atoms with E-state index in [-0.39, 0.29) is 5.91 Å². The molecule has 0 unspecified atom stereocenters. The number of nitrogens with one attached hydrogen (secondary N) is 1. The molecule has 5 heteroatoms. The summed E-state index contributed by atoms with van der Waals surface area (Å²) >= 11 is 2.17. The minimum absolute atomic E-state index is 0.148. The van der Waals surface area contributed by atoms with Gasteiger partial charge in [-0.25, -0.2) is 0 Å². The molecular weight excluding hydrogens is 453 g/mol. The van der Waals surface area contributed by atoms with E-state index in [4.69, 9.17) is 9.47 Å². The van der Waals surface area contributed by atoms with E-state index in [9.17, 15) is 4.79 Å². The van der Waals surface area contributed by atoms with Gasteiger partial charge in [-0.05, 0) is 45.9 Å². The molecule has 0 spiro atoms. The maximum Gasteiger partial charge on any atom is 0.251 e. The molecule has 27 heavy (non-hydrogen) atoms. The van der Waals surface area contributed by atoms with Gasteiger partial charge >= 0.3 is 0 Å². The summed E-state index contributed by atoms with van der Waals surface area (Å²) in [6.07, 6.45) is 0. The number of halogens is 1. The fourth-order valence-electron chi connectivity index (χ4n) is 2.60. The number of carbonyl (C=O) groups excluding carboxylic acids is 1. The highest BCUT2D eigenvalue weighted by atomic mass is 127. The summed E-state index contributed by atoms with van der Waals surface area (Å²) in [4.78, 5) is 12.5. The summed E-state index contributed by atoms with van der Waals surface area (Å²) in [5, 5.41) is 2.93. The quantitative estimate of drug-likeness (QED) is 0.502. The van der Waals surface area contributed by atoms with Crippen LogP contribution in [0, 0.1) is 3.57 Å². The Kier molecular flexibility index (Phi) is 6.70. The molecule has 3 rings (SSSR count). The van der Waals surface area contributed by atoms with Gasteiger partial charge in [-0.1, -0.05) is 60.7 Å². The van der Waals surface area contributed by atoms with Crippen LogP contribution in [0.4, 0.5) is 0 Å². The Morgan fingerprint density at radius 2 is 1.59 bits per heavy atom. The van der Waals surface area contributed by atoms with Crippen molar-refractivity contribution in [3.8, 4) is 11.5 Å². The van der Waals surface area contributed by atoms with E-state index >= 15 is 0 Å². The fourth-order valence-corrected chi connectivity index (χ4v) is 3.36. The second-order valence-corrected chi connectivity index (χ2v) is 7.09. The van der Waals surface area contributed by atoms with Gasteiger partial charge in [0.05, 0.1) is 10.7 Å². The molecule has 0 bridgehead atoms. The molecule has 4 nitrogen and oxygen atoms in total. The summed E-state index contributed by atoms with van der Waals surface area (Å²) < 4.78 is 12.2. The van der Waals surface area contributed by atoms with Gasteiger partial charge in [-0.2, -0.15) is 0 Å². The maximum atomic E-state index is 12.5. The van der Waals surface area contributed by atoms with Gasteiger partial charge < -0.3 is 14.8 Å².